The fourth-order valence-electron chi connectivity index (χ4n) is 7.29. The lowest BCUT2D eigenvalue weighted by Crippen LogP contribution is -2.65. The van der Waals surface area contributed by atoms with Gasteiger partial charge in [0.2, 0.25) is 5.91 Å². The number of amides is 1. The van der Waals surface area contributed by atoms with Crippen molar-refractivity contribution < 1.29 is 64.6 Å². The molecule has 2 aliphatic rings. The summed E-state index contributed by atoms with van der Waals surface area (Å²) in [6.45, 7) is 2.76. The molecule has 0 bridgehead atoms. The third kappa shape index (κ3) is 19.2. The van der Waals surface area contributed by atoms with Gasteiger partial charge in [0.1, 0.15) is 48.8 Å². The second-order valence-electron chi connectivity index (χ2n) is 15.8. The number of allylic oxidation sites excluding steroid dienone is 2. The minimum atomic E-state index is -1.78. The van der Waals surface area contributed by atoms with Crippen LogP contribution in [0.25, 0.3) is 0 Å². The predicted molar refractivity (Wildman–Crippen MR) is 212 cm³/mol. The first-order valence-electron chi connectivity index (χ1n) is 21.9. The van der Waals surface area contributed by atoms with E-state index in [4.69, 9.17) is 18.9 Å². The van der Waals surface area contributed by atoms with Gasteiger partial charge in [-0.1, -0.05) is 122 Å². The Morgan fingerprint density at radius 2 is 1.12 bits per heavy atom. The minimum Gasteiger partial charge on any atom is -0.394 e. The molecule has 0 aromatic heterocycles. The lowest BCUT2D eigenvalue weighted by atomic mass is 9.97. The van der Waals surface area contributed by atoms with E-state index in [0.29, 0.717) is 19.3 Å². The maximum absolute atomic E-state index is 13.1. The van der Waals surface area contributed by atoms with E-state index >= 15 is 0 Å². The predicted octanol–water partition coefficient (Wildman–Crippen LogP) is 3.65. The van der Waals surface area contributed by atoms with Crippen LogP contribution < -0.4 is 5.32 Å². The molecule has 14 nitrogen and oxygen atoms in total. The Hall–Kier alpha value is -1.27. The highest BCUT2D eigenvalue weighted by Crippen LogP contribution is 2.30. The molecule has 9 N–H and O–H groups in total. The van der Waals surface area contributed by atoms with Crippen LogP contribution in [-0.4, -0.2) is 140 Å². The van der Waals surface area contributed by atoms with Gasteiger partial charge in [-0.05, 0) is 38.5 Å². The number of rotatable bonds is 32. The Morgan fingerprint density at radius 1 is 0.625 bits per heavy atom. The van der Waals surface area contributed by atoms with E-state index in [2.05, 4.69) is 31.3 Å². The van der Waals surface area contributed by atoms with Gasteiger partial charge in [-0.15, -0.1) is 0 Å². The Balaban J connectivity index is 1.88. The molecule has 2 saturated heterocycles. The smallest absolute Gasteiger partial charge is 0.220 e. The van der Waals surface area contributed by atoms with Gasteiger partial charge in [0.15, 0.2) is 12.6 Å². The molecule has 0 aliphatic carbocycles. The van der Waals surface area contributed by atoms with Crippen molar-refractivity contribution in [1.29, 1.82) is 0 Å². The lowest BCUT2D eigenvalue weighted by Gasteiger charge is -2.46. The van der Waals surface area contributed by atoms with Crippen LogP contribution in [0.15, 0.2) is 12.2 Å². The molecule has 0 spiro atoms. The zero-order valence-electron chi connectivity index (χ0n) is 34.4. The van der Waals surface area contributed by atoms with Gasteiger partial charge in [0.25, 0.3) is 0 Å². The van der Waals surface area contributed by atoms with E-state index in [1.165, 1.54) is 57.8 Å². The highest BCUT2D eigenvalue weighted by atomic mass is 16.7. The maximum atomic E-state index is 13.1. The van der Waals surface area contributed by atoms with Crippen LogP contribution in [0.3, 0.4) is 0 Å². The van der Waals surface area contributed by atoms with E-state index in [0.717, 1.165) is 64.2 Å². The summed E-state index contributed by atoms with van der Waals surface area (Å²) < 4.78 is 22.6. The molecule has 12 atom stereocenters. The fourth-order valence-corrected chi connectivity index (χ4v) is 7.29. The molecule has 14 heteroatoms. The van der Waals surface area contributed by atoms with E-state index in [1.807, 2.05) is 0 Å². The molecule has 2 aliphatic heterocycles. The number of hydrogen-bond acceptors (Lipinski definition) is 13. The van der Waals surface area contributed by atoms with E-state index in [9.17, 15) is 45.6 Å². The zero-order valence-corrected chi connectivity index (χ0v) is 34.4. The van der Waals surface area contributed by atoms with Crippen LogP contribution in [0, 0.1) is 0 Å². The van der Waals surface area contributed by atoms with E-state index in [1.54, 1.807) is 0 Å². The molecular formula is C42H79NO13. The quantitative estimate of drug-likeness (QED) is 0.0350. The highest BCUT2D eigenvalue weighted by molar-refractivity contribution is 5.76. The SMILES string of the molecule is CCCCCCC/C=C\CCCCCCCC(=O)NC(COC1OC(CO)C(OC2OC(CO)C(O)C(O)C2O)C(O)C1O)C(O)CCCCCCCCCC. The molecule has 2 fully saturated rings. The summed E-state index contributed by atoms with van der Waals surface area (Å²) in [5.74, 6) is -0.221. The summed E-state index contributed by atoms with van der Waals surface area (Å²) in [6, 6.07) is -0.825. The summed E-state index contributed by atoms with van der Waals surface area (Å²) in [5, 5.41) is 86.3. The number of aliphatic hydroxyl groups excluding tert-OH is 8. The normalized spacial score (nSPS) is 29.5. The summed E-state index contributed by atoms with van der Waals surface area (Å²) >= 11 is 0. The second-order valence-corrected chi connectivity index (χ2v) is 15.8. The molecule has 0 radical (unpaired) electrons. The van der Waals surface area contributed by atoms with Crippen molar-refractivity contribution in [2.45, 2.75) is 229 Å². The lowest BCUT2D eigenvalue weighted by molar-refractivity contribution is -0.359. The molecule has 1 amide bonds. The van der Waals surface area contributed by atoms with Crippen molar-refractivity contribution >= 4 is 5.91 Å². The first-order valence-corrected chi connectivity index (χ1v) is 21.9. The number of aliphatic hydroxyl groups is 8. The van der Waals surface area contributed by atoms with Crippen molar-refractivity contribution in [3.8, 4) is 0 Å². The Labute approximate surface area is 336 Å². The summed E-state index contributed by atoms with van der Waals surface area (Å²) in [5.41, 5.74) is 0. The van der Waals surface area contributed by atoms with Gasteiger partial charge < -0.3 is 65.1 Å². The van der Waals surface area contributed by atoms with Crippen LogP contribution in [0.5, 0.6) is 0 Å². The Bertz CT molecular complexity index is 1000. The number of nitrogens with one attached hydrogen (secondary N) is 1. The standard InChI is InChI=1S/C42H79NO13/c1-3-5-7-9-11-13-14-15-16-17-18-20-22-24-26-34(47)43-30(31(46)25-23-21-19-12-10-8-6-4-2)29-53-41-39(52)37(50)40(33(28-45)55-41)56-42-38(51)36(49)35(48)32(27-44)54-42/h14-15,30-33,35-42,44-46,48-52H,3-13,16-29H2,1-2H3,(H,43,47)/b15-14-. The molecular weight excluding hydrogens is 726 g/mol. The Kier molecular flexibility index (Phi) is 27.9. The van der Waals surface area contributed by atoms with Gasteiger partial charge in [-0.2, -0.15) is 0 Å². The Morgan fingerprint density at radius 3 is 1.70 bits per heavy atom. The third-order valence-electron chi connectivity index (χ3n) is 11.0. The third-order valence-corrected chi connectivity index (χ3v) is 11.0. The molecule has 56 heavy (non-hydrogen) atoms. The van der Waals surface area contributed by atoms with Gasteiger partial charge in [0, 0.05) is 6.42 Å². The number of ether oxygens (including phenoxy) is 4. The van der Waals surface area contributed by atoms with E-state index < -0.39 is 86.8 Å². The highest BCUT2D eigenvalue weighted by Gasteiger charge is 2.51. The van der Waals surface area contributed by atoms with Crippen LogP contribution in [0.2, 0.25) is 0 Å². The van der Waals surface area contributed by atoms with Gasteiger partial charge in [-0.3, -0.25) is 4.79 Å². The first kappa shape index (κ1) is 50.9. The van der Waals surface area contributed by atoms with Crippen LogP contribution >= 0.6 is 0 Å². The van der Waals surface area contributed by atoms with Gasteiger partial charge >= 0.3 is 0 Å². The molecule has 12 unspecified atom stereocenters. The molecule has 2 rings (SSSR count). The largest absolute Gasteiger partial charge is 0.394 e. The van der Waals surface area contributed by atoms with Crippen LogP contribution in [0.1, 0.15) is 155 Å². The monoisotopic (exact) mass is 806 g/mol. The first-order chi connectivity index (χ1) is 27.1. The average Bonchev–Trinajstić information content (AvgIpc) is 3.19. The number of unbranched alkanes of at least 4 members (excludes halogenated alkanes) is 17. The molecule has 0 aromatic rings. The molecule has 0 saturated carbocycles. The topological polar surface area (TPSA) is 228 Å². The van der Waals surface area contributed by atoms with Gasteiger partial charge in [0.05, 0.1) is 32.0 Å². The van der Waals surface area contributed by atoms with E-state index in [-0.39, 0.29) is 12.5 Å². The van der Waals surface area contributed by atoms with Crippen molar-refractivity contribution in [1.82, 2.24) is 5.32 Å². The maximum Gasteiger partial charge on any atom is 0.220 e. The summed E-state index contributed by atoms with van der Waals surface area (Å²) in [4.78, 5) is 13.1. The number of carbonyl (C=O) groups is 1. The summed E-state index contributed by atoms with van der Waals surface area (Å²) in [6.07, 6.45) is 11.0. The van der Waals surface area contributed by atoms with Crippen molar-refractivity contribution in [3.05, 3.63) is 12.2 Å². The average molecular weight is 806 g/mol. The summed E-state index contributed by atoms with van der Waals surface area (Å²) in [7, 11) is 0. The zero-order chi connectivity index (χ0) is 41.1. The molecule has 330 valence electrons. The van der Waals surface area contributed by atoms with Gasteiger partial charge in [-0.25, -0.2) is 0 Å². The van der Waals surface area contributed by atoms with Crippen molar-refractivity contribution in [2.24, 2.45) is 0 Å². The van der Waals surface area contributed by atoms with Crippen LogP contribution in [0.4, 0.5) is 0 Å². The second kappa shape index (κ2) is 30.7. The van der Waals surface area contributed by atoms with Crippen LogP contribution in [-0.2, 0) is 23.7 Å². The molecule has 2 heterocycles. The minimum absolute atomic E-state index is 0.221. The fraction of sp³-hybridized carbons (Fsp3) is 0.929. The number of hydrogen-bond donors (Lipinski definition) is 9. The van der Waals surface area contributed by atoms with Crippen molar-refractivity contribution in [3.63, 3.8) is 0 Å². The van der Waals surface area contributed by atoms with Crippen molar-refractivity contribution in [2.75, 3.05) is 19.8 Å². The molecule has 0 aromatic carbocycles. The number of carbonyl (C=O) groups excluding carboxylic acids is 1.